The molecule has 1 saturated carbocycles. The van der Waals surface area contributed by atoms with E-state index >= 15 is 0 Å². The Morgan fingerprint density at radius 3 is 2.21 bits per heavy atom. The van der Waals surface area contributed by atoms with Crippen LogP contribution >= 0.6 is 0 Å². The molecule has 4 nitrogen and oxygen atoms in total. The van der Waals surface area contributed by atoms with Crippen LogP contribution in [-0.2, 0) is 9.47 Å². The minimum Gasteiger partial charge on any atom is -0.348 e. The summed E-state index contributed by atoms with van der Waals surface area (Å²) < 4.78 is 11.5. The van der Waals surface area contributed by atoms with Gasteiger partial charge in [0.1, 0.15) is 0 Å². The molecule has 2 rings (SSSR count). The predicted octanol–water partition coefficient (Wildman–Crippen LogP) is 1.90. The predicted molar refractivity (Wildman–Crippen MR) is 77.2 cm³/mol. The van der Waals surface area contributed by atoms with Crippen LogP contribution in [0.5, 0.6) is 0 Å². The maximum Gasteiger partial charge on any atom is 0.168 e. The number of hydrogen-bond donors (Lipinski definition) is 2. The zero-order chi connectivity index (χ0) is 13.4. The molecule has 0 radical (unpaired) electrons. The third kappa shape index (κ3) is 5.03. The van der Waals surface area contributed by atoms with Crippen LogP contribution in [0.15, 0.2) is 0 Å². The van der Waals surface area contributed by atoms with Gasteiger partial charge in [-0.05, 0) is 44.7 Å². The third-order valence-electron chi connectivity index (χ3n) is 4.32. The van der Waals surface area contributed by atoms with Crippen LogP contribution in [0.1, 0.15) is 45.4 Å². The molecule has 112 valence electrons. The van der Waals surface area contributed by atoms with E-state index < -0.39 is 0 Å². The van der Waals surface area contributed by atoms with Gasteiger partial charge in [-0.1, -0.05) is 6.92 Å². The number of nitrogens with one attached hydrogen (secondary N) is 2. The van der Waals surface area contributed by atoms with Crippen molar-refractivity contribution in [1.29, 1.82) is 0 Å². The lowest BCUT2D eigenvalue weighted by Gasteiger charge is -2.35. The van der Waals surface area contributed by atoms with Gasteiger partial charge in [0.05, 0.1) is 13.2 Å². The highest BCUT2D eigenvalue weighted by atomic mass is 16.7. The van der Waals surface area contributed by atoms with Gasteiger partial charge in [0.2, 0.25) is 0 Å². The van der Waals surface area contributed by atoms with Crippen LogP contribution in [0.25, 0.3) is 0 Å². The van der Waals surface area contributed by atoms with E-state index in [1.807, 2.05) is 0 Å². The second kappa shape index (κ2) is 8.20. The first-order valence-electron chi connectivity index (χ1n) is 8.04. The molecule has 1 spiro atoms. The SMILES string of the molecule is CCCNCCNCCC1CCC2(CC1)OCCO2. The van der Waals surface area contributed by atoms with E-state index in [0.717, 1.165) is 58.2 Å². The molecule has 0 aromatic rings. The average molecular weight is 270 g/mol. The van der Waals surface area contributed by atoms with Crippen LogP contribution in [0.2, 0.25) is 0 Å². The third-order valence-corrected chi connectivity index (χ3v) is 4.32. The molecule has 1 saturated heterocycles. The Hall–Kier alpha value is -0.160. The van der Waals surface area contributed by atoms with Gasteiger partial charge in [0, 0.05) is 25.9 Å². The molecular weight excluding hydrogens is 240 g/mol. The molecular formula is C15H30N2O2. The van der Waals surface area contributed by atoms with Gasteiger partial charge in [0.15, 0.2) is 5.79 Å². The second-order valence-corrected chi connectivity index (χ2v) is 5.84. The first-order chi connectivity index (χ1) is 9.35. The smallest absolute Gasteiger partial charge is 0.168 e. The lowest BCUT2D eigenvalue weighted by Crippen LogP contribution is -2.36. The Morgan fingerprint density at radius 2 is 1.58 bits per heavy atom. The average Bonchev–Trinajstić information content (AvgIpc) is 2.89. The summed E-state index contributed by atoms with van der Waals surface area (Å²) in [6, 6.07) is 0. The fourth-order valence-electron chi connectivity index (χ4n) is 3.10. The van der Waals surface area contributed by atoms with Crippen molar-refractivity contribution in [1.82, 2.24) is 10.6 Å². The van der Waals surface area contributed by atoms with E-state index in [0.29, 0.717) is 0 Å². The normalized spacial score (nSPS) is 23.2. The lowest BCUT2D eigenvalue weighted by molar-refractivity contribution is -0.182. The van der Waals surface area contributed by atoms with Crippen LogP contribution in [0.4, 0.5) is 0 Å². The Bertz CT molecular complexity index is 232. The van der Waals surface area contributed by atoms with E-state index in [-0.39, 0.29) is 5.79 Å². The molecule has 2 N–H and O–H groups in total. The number of hydrogen-bond acceptors (Lipinski definition) is 4. The standard InChI is InChI=1S/C15H30N2O2/c1-2-8-16-10-11-17-9-5-14-3-6-15(7-4-14)18-12-13-19-15/h14,16-17H,2-13H2,1H3. The van der Waals surface area contributed by atoms with Crippen molar-refractivity contribution in [3.05, 3.63) is 0 Å². The molecule has 2 aliphatic rings. The van der Waals surface area contributed by atoms with Gasteiger partial charge in [-0.2, -0.15) is 0 Å². The molecule has 1 aliphatic heterocycles. The van der Waals surface area contributed by atoms with Gasteiger partial charge in [-0.15, -0.1) is 0 Å². The molecule has 0 unspecified atom stereocenters. The van der Waals surface area contributed by atoms with Crippen LogP contribution in [0.3, 0.4) is 0 Å². The fraction of sp³-hybridized carbons (Fsp3) is 1.00. The van der Waals surface area contributed by atoms with Crippen molar-refractivity contribution in [3.63, 3.8) is 0 Å². The van der Waals surface area contributed by atoms with E-state index in [1.54, 1.807) is 0 Å². The van der Waals surface area contributed by atoms with Crippen molar-refractivity contribution in [2.24, 2.45) is 5.92 Å². The largest absolute Gasteiger partial charge is 0.348 e. The first kappa shape index (κ1) is 15.2. The highest BCUT2D eigenvalue weighted by Gasteiger charge is 2.39. The summed E-state index contributed by atoms with van der Waals surface area (Å²) in [6.07, 6.45) is 7.22. The molecule has 19 heavy (non-hydrogen) atoms. The maximum atomic E-state index is 5.76. The minimum atomic E-state index is -0.187. The van der Waals surface area contributed by atoms with Gasteiger partial charge in [-0.3, -0.25) is 0 Å². The summed E-state index contributed by atoms with van der Waals surface area (Å²) in [4.78, 5) is 0. The monoisotopic (exact) mass is 270 g/mol. The van der Waals surface area contributed by atoms with Gasteiger partial charge in [-0.25, -0.2) is 0 Å². The van der Waals surface area contributed by atoms with Crippen molar-refractivity contribution >= 4 is 0 Å². The van der Waals surface area contributed by atoms with Crippen LogP contribution < -0.4 is 10.6 Å². The molecule has 0 bridgehead atoms. The zero-order valence-electron chi connectivity index (χ0n) is 12.4. The van der Waals surface area contributed by atoms with Crippen molar-refractivity contribution in [2.75, 3.05) is 39.4 Å². The molecule has 0 aromatic carbocycles. The summed E-state index contributed by atoms with van der Waals surface area (Å²) in [7, 11) is 0. The number of rotatable bonds is 8. The molecule has 4 heteroatoms. The quantitative estimate of drug-likeness (QED) is 0.661. The van der Waals surface area contributed by atoms with E-state index in [2.05, 4.69) is 17.6 Å². The van der Waals surface area contributed by atoms with Gasteiger partial charge in [0.25, 0.3) is 0 Å². The van der Waals surface area contributed by atoms with Crippen LogP contribution in [-0.4, -0.2) is 45.2 Å². The topological polar surface area (TPSA) is 42.5 Å². The summed E-state index contributed by atoms with van der Waals surface area (Å²) in [6.45, 7) is 8.23. The summed E-state index contributed by atoms with van der Waals surface area (Å²) in [5.74, 6) is 0.670. The van der Waals surface area contributed by atoms with E-state index in [1.165, 1.54) is 25.7 Å². The number of ether oxygens (including phenoxy) is 2. The van der Waals surface area contributed by atoms with E-state index in [4.69, 9.17) is 9.47 Å². The highest BCUT2D eigenvalue weighted by Crippen LogP contribution is 2.39. The molecule has 1 heterocycles. The Labute approximate surface area is 117 Å². The molecule has 0 atom stereocenters. The lowest BCUT2D eigenvalue weighted by atomic mass is 9.83. The Kier molecular flexibility index (Phi) is 6.57. The van der Waals surface area contributed by atoms with Gasteiger partial charge >= 0.3 is 0 Å². The zero-order valence-corrected chi connectivity index (χ0v) is 12.4. The van der Waals surface area contributed by atoms with Gasteiger partial charge < -0.3 is 20.1 Å². The van der Waals surface area contributed by atoms with E-state index in [9.17, 15) is 0 Å². The summed E-state index contributed by atoms with van der Waals surface area (Å²) in [5, 5.41) is 6.94. The Morgan fingerprint density at radius 1 is 0.947 bits per heavy atom. The molecule has 1 aliphatic carbocycles. The first-order valence-corrected chi connectivity index (χ1v) is 8.04. The second-order valence-electron chi connectivity index (χ2n) is 5.84. The molecule has 0 aromatic heterocycles. The minimum absolute atomic E-state index is 0.187. The van der Waals surface area contributed by atoms with Crippen molar-refractivity contribution in [2.45, 2.75) is 51.2 Å². The highest BCUT2D eigenvalue weighted by molar-refractivity contribution is 4.82. The molecule has 2 fully saturated rings. The Balaban J connectivity index is 1.47. The molecule has 0 amide bonds. The van der Waals surface area contributed by atoms with Crippen LogP contribution in [0, 0.1) is 5.92 Å². The van der Waals surface area contributed by atoms with Crippen molar-refractivity contribution in [3.8, 4) is 0 Å². The maximum absolute atomic E-state index is 5.76. The summed E-state index contributed by atoms with van der Waals surface area (Å²) >= 11 is 0. The summed E-state index contributed by atoms with van der Waals surface area (Å²) in [5.41, 5.74) is 0. The fourth-order valence-corrected chi connectivity index (χ4v) is 3.10. The van der Waals surface area contributed by atoms with Crippen molar-refractivity contribution < 1.29 is 9.47 Å².